The molecule has 0 radical (unpaired) electrons. The number of aromatic nitrogens is 2. The Morgan fingerprint density at radius 3 is 2.44 bits per heavy atom. The van der Waals surface area contributed by atoms with Crippen molar-refractivity contribution in [2.24, 2.45) is 0 Å². The first kappa shape index (κ1) is 16.6. The molecule has 0 unspecified atom stereocenters. The average Bonchev–Trinajstić information content (AvgIpc) is 2.62. The monoisotopic (exact) mass is 332 g/mol. The predicted octanol–water partition coefficient (Wildman–Crippen LogP) is 3.96. The summed E-state index contributed by atoms with van der Waals surface area (Å²) in [5.41, 5.74) is 4.50. The van der Waals surface area contributed by atoms with Gasteiger partial charge in [-0.1, -0.05) is 42.0 Å². The zero-order valence-corrected chi connectivity index (χ0v) is 14.3. The van der Waals surface area contributed by atoms with E-state index in [1.54, 1.807) is 6.20 Å². The summed E-state index contributed by atoms with van der Waals surface area (Å²) in [6.45, 7) is 4.69. The second kappa shape index (κ2) is 7.57. The van der Waals surface area contributed by atoms with E-state index in [4.69, 9.17) is 0 Å². The topological polar surface area (TPSA) is 66.9 Å². The largest absolute Gasteiger partial charge is 0.365 e. The Labute approximate surface area is 147 Å². The van der Waals surface area contributed by atoms with Gasteiger partial charge in [-0.25, -0.2) is 9.97 Å². The minimum absolute atomic E-state index is 0.275. The number of nitrogens with zero attached hydrogens (tertiary/aromatic N) is 2. The van der Waals surface area contributed by atoms with Gasteiger partial charge in [-0.15, -0.1) is 0 Å². The number of carbonyl (C=O) groups excluding carboxylic acids is 1. The number of amides is 1. The van der Waals surface area contributed by atoms with E-state index in [1.165, 1.54) is 11.8 Å². The third kappa shape index (κ3) is 4.64. The molecule has 0 saturated carbocycles. The van der Waals surface area contributed by atoms with E-state index >= 15 is 0 Å². The highest BCUT2D eigenvalue weighted by molar-refractivity contribution is 6.02. The zero-order chi connectivity index (χ0) is 17.6. The molecule has 0 atom stereocenters. The van der Waals surface area contributed by atoms with Crippen molar-refractivity contribution in [2.45, 2.75) is 20.4 Å². The molecule has 2 aromatic carbocycles. The third-order valence-electron chi connectivity index (χ3n) is 3.75. The number of nitrogens with one attached hydrogen (secondary N) is 2. The van der Waals surface area contributed by atoms with Gasteiger partial charge in [-0.2, -0.15) is 0 Å². The first-order chi connectivity index (χ1) is 12.1. The quantitative estimate of drug-likeness (QED) is 0.742. The number of aryl methyl sites for hydroxylation is 2. The lowest BCUT2D eigenvalue weighted by Crippen LogP contribution is -2.14. The van der Waals surface area contributed by atoms with Gasteiger partial charge in [0.15, 0.2) is 0 Å². The van der Waals surface area contributed by atoms with Crippen molar-refractivity contribution in [2.75, 3.05) is 10.6 Å². The summed E-state index contributed by atoms with van der Waals surface area (Å²) in [4.78, 5) is 20.7. The van der Waals surface area contributed by atoms with E-state index in [9.17, 15) is 4.79 Å². The molecule has 0 aliphatic carbocycles. The van der Waals surface area contributed by atoms with Crippen LogP contribution in [0.5, 0.6) is 0 Å². The molecule has 0 spiro atoms. The van der Waals surface area contributed by atoms with Gasteiger partial charge in [0.1, 0.15) is 11.5 Å². The Kier molecular flexibility index (Phi) is 5.04. The maximum Gasteiger partial charge on any atom is 0.275 e. The lowest BCUT2D eigenvalue weighted by Gasteiger charge is -2.07. The van der Waals surface area contributed by atoms with Crippen molar-refractivity contribution in [1.29, 1.82) is 0 Å². The summed E-state index contributed by atoms with van der Waals surface area (Å²) < 4.78 is 0. The van der Waals surface area contributed by atoms with E-state index in [0.29, 0.717) is 12.4 Å². The summed E-state index contributed by atoms with van der Waals surface area (Å²) in [5, 5.41) is 6.02. The van der Waals surface area contributed by atoms with Crippen molar-refractivity contribution in [1.82, 2.24) is 9.97 Å². The van der Waals surface area contributed by atoms with Crippen LogP contribution in [0, 0.1) is 13.8 Å². The lowest BCUT2D eigenvalue weighted by molar-refractivity contribution is 0.102. The summed E-state index contributed by atoms with van der Waals surface area (Å²) in [5.74, 6) is 0.357. The Bertz CT molecular complexity index is 858. The summed E-state index contributed by atoms with van der Waals surface area (Å²) in [6.07, 6.45) is 3.04. The predicted molar refractivity (Wildman–Crippen MR) is 99.7 cm³/mol. The minimum Gasteiger partial charge on any atom is -0.365 e. The second-order valence-corrected chi connectivity index (χ2v) is 5.95. The summed E-state index contributed by atoms with van der Waals surface area (Å²) in [7, 11) is 0. The SMILES string of the molecule is Cc1ccc(CNc2cnc(C(=O)Nc3cccc(C)c3)cn2)cc1. The molecule has 1 heterocycles. The van der Waals surface area contributed by atoms with E-state index in [-0.39, 0.29) is 11.6 Å². The fourth-order valence-electron chi connectivity index (χ4n) is 2.35. The van der Waals surface area contributed by atoms with Gasteiger partial charge in [0.25, 0.3) is 5.91 Å². The van der Waals surface area contributed by atoms with E-state index < -0.39 is 0 Å². The summed E-state index contributed by atoms with van der Waals surface area (Å²) in [6, 6.07) is 15.9. The molecule has 3 rings (SSSR count). The van der Waals surface area contributed by atoms with Gasteiger partial charge in [0.2, 0.25) is 0 Å². The van der Waals surface area contributed by atoms with Gasteiger partial charge < -0.3 is 10.6 Å². The number of carbonyl (C=O) groups is 1. The zero-order valence-electron chi connectivity index (χ0n) is 14.3. The van der Waals surface area contributed by atoms with Crippen LogP contribution in [-0.4, -0.2) is 15.9 Å². The van der Waals surface area contributed by atoms with Crippen molar-refractivity contribution in [3.8, 4) is 0 Å². The lowest BCUT2D eigenvalue weighted by atomic mass is 10.1. The molecule has 0 saturated heterocycles. The van der Waals surface area contributed by atoms with Crippen LogP contribution >= 0.6 is 0 Å². The molecule has 5 nitrogen and oxygen atoms in total. The van der Waals surface area contributed by atoms with Crippen molar-refractivity contribution in [3.05, 3.63) is 83.3 Å². The molecular formula is C20H20N4O. The summed E-state index contributed by atoms with van der Waals surface area (Å²) >= 11 is 0. The van der Waals surface area contributed by atoms with E-state index in [0.717, 1.165) is 16.8 Å². The van der Waals surface area contributed by atoms with Crippen LogP contribution in [0.4, 0.5) is 11.5 Å². The van der Waals surface area contributed by atoms with Crippen LogP contribution in [0.25, 0.3) is 0 Å². The molecule has 1 amide bonds. The average molecular weight is 332 g/mol. The normalized spacial score (nSPS) is 10.3. The third-order valence-corrected chi connectivity index (χ3v) is 3.75. The molecule has 0 bridgehead atoms. The van der Waals surface area contributed by atoms with Crippen molar-refractivity contribution < 1.29 is 4.79 Å². The van der Waals surface area contributed by atoms with Gasteiger partial charge in [0.05, 0.1) is 12.4 Å². The van der Waals surface area contributed by atoms with Crippen molar-refractivity contribution in [3.63, 3.8) is 0 Å². The number of anilines is 2. The Hall–Kier alpha value is -3.21. The smallest absolute Gasteiger partial charge is 0.275 e. The van der Waals surface area contributed by atoms with Gasteiger partial charge in [-0.05, 0) is 37.1 Å². The highest BCUT2D eigenvalue weighted by Gasteiger charge is 2.08. The van der Waals surface area contributed by atoms with Crippen LogP contribution < -0.4 is 10.6 Å². The fraction of sp³-hybridized carbons (Fsp3) is 0.150. The second-order valence-electron chi connectivity index (χ2n) is 5.95. The maximum absolute atomic E-state index is 12.2. The van der Waals surface area contributed by atoms with Crippen LogP contribution in [-0.2, 0) is 6.54 Å². The highest BCUT2D eigenvalue weighted by Crippen LogP contribution is 2.11. The molecule has 25 heavy (non-hydrogen) atoms. The maximum atomic E-state index is 12.2. The highest BCUT2D eigenvalue weighted by atomic mass is 16.1. The van der Waals surface area contributed by atoms with Gasteiger partial charge in [0, 0.05) is 12.2 Å². The van der Waals surface area contributed by atoms with Crippen LogP contribution in [0.15, 0.2) is 60.9 Å². The van der Waals surface area contributed by atoms with E-state index in [2.05, 4.69) is 51.8 Å². The van der Waals surface area contributed by atoms with Gasteiger partial charge >= 0.3 is 0 Å². The number of benzene rings is 2. The molecule has 5 heteroatoms. The molecule has 126 valence electrons. The molecule has 1 aromatic heterocycles. The Balaban J connectivity index is 1.59. The first-order valence-corrected chi connectivity index (χ1v) is 8.09. The van der Waals surface area contributed by atoms with Crippen molar-refractivity contribution >= 4 is 17.4 Å². The Morgan fingerprint density at radius 1 is 0.960 bits per heavy atom. The van der Waals surface area contributed by atoms with E-state index in [1.807, 2.05) is 31.2 Å². The molecular weight excluding hydrogens is 312 g/mol. The minimum atomic E-state index is -0.275. The number of hydrogen-bond acceptors (Lipinski definition) is 4. The molecule has 3 aromatic rings. The fourth-order valence-corrected chi connectivity index (χ4v) is 2.35. The van der Waals surface area contributed by atoms with Gasteiger partial charge in [-0.3, -0.25) is 4.79 Å². The number of hydrogen-bond donors (Lipinski definition) is 2. The number of rotatable bonds is 5. The van der Waals surface area contributed by atoms with Crippen LogP contribution in [0.3, 0.4) is 0 Å². The molecule has 0 fully saturated rings. The first-order valence-electron chi connectivity index (χ1n) is 8.09. The Morgan fingerprint density at radius 2 is 1.76 bits per heavy atom. The molecule has 0 aliphatic rings. The van der Waals surface area contributed by atoms with Crippen LogP contribution in [0.1, 0.15) is 27.2 Å². The molecule has 2 N–H and O–H groups in total. The standard InChI is InChI=1S/C20H20N4O/c1-14-6-8-16(9-7-14)11-22-19-13-21-18(12-23-19)20(25)24-17-5-3-4-15(2)10-17/h3-10,12-13H,11H2,1-2H3,(H,22,23)(H,24,25). The molecule has 0 aliphatic heterocycles. The van der Waals surface area contributed by atoms with Crippen LogP contribution in [0.2, 0.25) is 0 Å².